The number of hydrogen-bond acceptors (Lipinski definition) is 6. The molecule has 0 atom stereocenters. The van der Waals surface area contributed by atoms with Crippen LogP contribution in [-0.2, 0) is 4.79 Å². The first-order chi connectivity index (χ1) is 18.4. The lowest BCUT2D eigenvalue weighted by atomic mass is 10.1. The number of halogens is 1. The minimum atomic E-state index is -0.548. The Morgan fingerprint density at radius 2 is 1.97 bits per heavy atom. The molecule has 6 aromatic rings. The van der Waals surface area contributed by atoms with E-state index < -0.39 is 5.82 Å². The molecule has 5 heterocycles. The zero-order valence-electron chi connectivity index (χ0n) is 21.0. The van der Waals surface area contributed by atoms with Gasteiger partial charge in [0.1, 0.15) is 11.4 Å². The zero-order valence-corrected chi connectivity index (χ0v) is 21.8. The Morgan fingerprint density at radius 3 is 2.76 bits per heavy atom. The first-order valence-corrected chi connectivity index (χ1v) is 13.0. The molecule has 0 aliphatic rings. The molecule has 38 heavy (non-hydrogen) atoms. The summed E-state index contributed by atoms with van der Waals surface area (Å²) < 4.78 is 16.0. The van der Waals surface area contributed by atoms with E-state index in [0.717, 1.165) is 21.5 Å². The lowest BCUT2D eigenvalue weighted by molar-refractivity contribution is -0.116. The summed E-state index contributed by atoms with van der Waals surface area (Å²) in [6, 6.07) is 11.8. The number of hydrogen-bond donors (Lipinski definition) is 3. The molecule has 0 unspecified atom stereocenters. The van der Waals surface area contributed by atoms with Gasteiger partial charge in [-0.25, -0.2) is 9.37 Å². The molecule has 5 aromatic heterocycles. The molecule has 8 nitrogen and oxygen atoms in total. The largest absolute Gasteiger partial charge is 0.337 e. The van der Waals surface area contributed by atoms with Gasteiger partial charge in [-0.05, 0) is 37.1 Å². The third kappa shape index (κ3) is 4.32. The number of nitrogens with zero attached hydrogens (tertiary/aromatic N) is 4. The number of carbonyl (C=O) groups excluding carboxylic acids is 1. The minimum Gasteiger partial charge on any atom is -0.337 e. The summed E-state index contributed by atoms with van der Waals surface area (Å²) in [5.41, 5.74) is 4.49. The quantitative estimate of drug-likeness (QED) is 0.223. The standard InChI is InChI=1S/C28H24FN7OS/c1-14(2)9-22(37)32-17-10-16(11-30-12-17)25-24(29)23-20(13-31-25)35-36-27(23)28-33-19-6-4-5-18(26(19)34-28)21-8-7-15(3)38-21/h4-8,10-14H,9H2,1-3H3,(H,32,37)(H,33,34)(H,35,36). The molecule has 0 saturated heterocycles. The predicted molar refractivity (Wildman–Crippen MR) is 148 cm³/mol. The van der Waals surface area contributed by atoms with Gasteiger partial charge in [0.05, 0.1) is 40.0 Å². The fourth-order valence-corrected chi connectivity index (χ4v) is 5.38. The van der Waals surface area contributed by atoms with Crippen molar-refractivity contribution in [1.29, 1.82) is 0 Å². The molecule has 0 aliphatic heterocycles. The third-order valence-corrected chi connectivity index (χ3v) is 7.21. The lowest BCUT2D eigenvalue weighted by Gasteiger charge is -2.09. The van der Waals surface area contributed by atoms with E-state index in [9.17, 15) is 4.79 Å². The first kappa shape index (κ1) is 23.9. The van der Waals surface area contributed by atoms with Gasteiger partial charge in [-0.1, -0.05) is 26.0 Å². The highest BCUT2D eigenvalue weighted by molar-refractivity contribution is 7.15. The maximum absolute atomic E-state index is 16.0. The summed E-state index contributed by atoms with van der Waals surface area (Å²) in [6.07, 6.45) is 4.97. The highest BCUT2D eigenvalue weighted by Crippen LogP contribution is 2.36. The number of imidazole rings is 1. The number of H-pyrrole nitrogens is 2. The second-order valence-electron chi connectivity index (χ2n) is 9.59. The van der Waals surface area contributed by atoms with Crippen molar-refractivity contribution in [2.75, 3.05) is 5.32 Å². The molecule has 0 bridgehead atoms. The maximum Gasteiger partial charge on any atom is 0.224 e. The van der Waals surface area contributed by atoms with E-state index in [-0.39, 0.29) is 22.9 Å². The molecule has 0 radical (unpaired) electrons. The van der Waals surface area contributed by atoms with Crippen LogP contribution in [0.5, 0.6) is 0 Å². The summed E-state index contributed by atoms with van der Waals surface area (Å²) in [6.45, 7) is 6.01. The zero-order chi connectivity index (χ0) is 26.4. The van der Waals surface area contributed by atoms with Crippen molar-refractivity contribution in [1.82, 2.24) is 30.1 Å². The van der Waals surface area contributed by atoms with Crippen LogP contribution in [0.1, 0.15) is 25.1 Å². The van der Waals surface area contributed by atoms with Gasteiger partial charge in [0.25, 0.3) is 0 Å². The fourth-order valence-electron chi connectivity index (χ4n) is 4.49. The van der Waals surface area contributed by atoms with Gasteiger partial charge >= 0.3 is 0 Å². The number of amides is 1. The Bertz CT molecular complexity index is 1820. The molecule has 10 heteroatoms. The van der Waals surface area contributed by atoms with Crippen molar-refractivity contribution in [2.24, 2.45) is 5.92 Å². The van der Waals surface area contributed by atoms with Gasteiger partial charge < -0.3 is 10.3 Å². The highest BCUT2D eigenvalue weighted by Gasteiger charge is 2.21. The van der Waals surface area contributed by atoms with Gasteiger partial charge in [0, 0.05) is 33.5 Å². The highest BCUT2D eigenvalue weighted by atomic mass is 32.1. The monoisotopic (exact) mass is 525 g/mol. The molecular weight excluding hydrogens is 501 g/mol. The molecule has 0 aliphatic carbocycles. The summed E-state index contributed by atoms with van der Waals surface area (Å²) in [5, 5.41) is 10.3. The number of pyridine rings is 2. The topological polar surface area (TPSA) is 112 Å². The van der Waals surface area contributed by atoms with Crippen molar-refractivity contribution in [3.05, 3.63) is 65.7 Å². The van der Waals surface area contributed by atoms with E-state index >= 15 is 4.39 Å². The van der Waals surface area contributed by atoms with Crippen LogP contribution in [0.25, 0.3) is 55.2 Å². The molecule has 3 N–H and O–H groups in total. The van der Waals surface area contributed by atoms with Crippen LogP contribution in [0.4, 0.5) is 10.1 Å². The Labute approximate surface area is 221 Å². The number of aryl methyl sites for hydroxylation is 1. The SMILES string of the molecule is Cc1ccc(-c2cccc3[nH]c(-c4n[nH]c5cnc(-c6cncc(NC(=O)CC(C)C)c6)c(F)c45)nc23)s1. The van der Waals surface area contributed by atoms with Crippen molar-refractivity contribution in [3.8, 4) is 33.2 Å². The van der Waals surface area contributed by atoms with E-state index in [1.54, 1.807) is 17.4 Å². The number of nitrogens with one attached hydrogen (secondary N) is 3. The summed E-state index contributed by atoms with van der Waals surface area (Å²) in [7, 11) is 0. The number of rotatable bonds is 6. The third-order valence-electron chi connectivity index (χ3n) is 6.18. The van der Waals surface area contributed by atoms with Crippen LogP contribution in [0, 0.1) is 18.7 Å². The van der Waals surface area contributed by atoms with Crippen molar-refractivity contribution in [2.45, 2.75) is 27.2 Å². The number of aromatic amines is 2. The van der Waals surface area contributed by atoms with Crippen LogP contribution < -0.4 is 5.32 Å². The first-order valence-electron chi connectivity index (χ1n) is 12.2. The number of thiophene rings is 1. The van der Waals surface area contributed by atoms with E-state index in [2.05, 4.69) is 49.5 Å². The normalized spacial score (nSPS) is 11.6. The number of anilines is 1. The van der Waals surface area contributed by atoms with Crippen molar-refractivity contribution < 1.29 is 9.18 Å². The Morgan fingerprint density at radius 1 is 1.11 bits per heavy atom. The van der Waals surface area contributed by atoms with Gasteiger partial charge in [-0.15, -0.1) is 11.3 Å². The number of carbonyl (C=O) groups is 1. The van der Waals surface area contributed by atoms with Crippen LogP contribution in [-0.4, -0.2) is 36.0 Å². The molecule has 190 valence electrons. The summed E-state index contributed by atoms with van der Waals surface area (Å²) >= 11 is 1.70. The second kappa shape index (κ2) is 9.46. The smallest absolute Gasteiger partial charge is 0.224 e. The molecule has 0 saturated carbocycles. The Kier molecular flexibility index (Phi) is 5.96. The summed E-state index contributed by atoms with van der Waals surface area (Å²) in [5.74, 6) is 0.00182. The molecule has 1 amide bonds. The average molecular weight is 526 g/mol. The van der Waals surface area contributed by atoms with Crippen LogP contribution >= 0.6 is 11.3 Å². The van der Waals surface area contributed by atoms with Gasteiger partial charge in [0.15, 0.2) is 11.6 Å². The van der Waals surface area contributed by atoms with Crippen LogP contribution in [0.15, 0.2) is 55.0 Å². The predicted octanol–water partition coefficient (Wildman–Crippen LogP) is 6.72. The van der Waals surface area contributed by atoms with Crippen LogP contribution in [0.2, 0.25) is 0 Å². The fraction of sp³-hybridized carbons (Fsp3) is 0.179. The Hall–Kier alpha value is -4.44. The molecule has 6 rings (SSSR count). The molecule has 0 fully saturated rings. The van der Waals surface area contributed by atoms with Gasteiger partial charge in [-0.2, -0.15) is 5.10 Å². The van der Waals surface area contributed by atoms with Gasteiger partial charge in [0.2, 0.25) is 5.91 Å². The number of fused-ring (bicyclic) bond motifs is 2. The summed E-state index contributed by atoms with van der Waals surface area (Å²) in [4.78, 5) is 31.2. The molecule has 1 aromatic carbocycles. The number of para-hydroxylation sites is 1. The van der Waals surface area contributed by atoms with Crippen molar-refractivity contribution in [3.63, 3.8) is 0 Å². The van der Waals surface area contributed by atoms with Crippen molar-refractivity contribution >= 4 is 44.9 Å². The average Bonchev–Trinajstić information content (AvgIpc) is 3.61. The van der Waals surface area contributed by atoms with E-state index in [0.29, 0.717) is 34.7 Å². The number of benzene rings is 1. The maximum atomic E-state index is 16.0. The lowest BCUT2D eigenvalue weighted by Crippen LogP contribution is -2.14. The molecular formula is C28H24FN7OS. The number of aromatic nitrogens is 6. The Balaban J connectivity index is 1.42. The van der Waals surface area contributed by atoms with Gasteiger partial charge in [-0.3, -0.25) is 19.9 Å². The van der Waals surface area contributed by atoms with Crippen LogP contribution in [0.3, 0.4) is 0 Å². The van der Waals surface area contributed by atoms with E-state index in [1.165, 1.54) is 23.5 Å². The second-order valence-corrected chi connectivity index (χ2v) is 10.9. The minimum absolute atomic E-state index is 0.110. The molecule has 0 spiro atoms. The van der Waals surface area contributed by atoms with E-state index in [4.69, 9.17) is 4.98 Å². The van der Waals surface area contributed by atoms with E-state index in [1.807, 2.05) is 32.0 Å².